The summed E-state index contributed by atoms with van der Waals surface area (Å²) >= 11 is 0. The van der Waals surface area contributed by atoms with Gasteiger partial charge in [0.15, 0.2) is 17.3 Å². The average Bonchev–Trinajstić information content (AvgIpc) is 3.31. The summed E-state index contributed by atoms with van der Waals surface area (Å²) in [7, 11) is 0. The Morgan fingerprint density at radius 1 is 1.30 bits per heavy atom. The molecule has 27 heavy (non-hydrogen) atoms. The van der Waals surface area contributed by atoms with Crippen LogP contribution in [0.2, 0.25) is 0 Å². The fraction of sp³-hybridized carbons (Fsp3) is 0.526. The molecule has 8 heteroatoms. The van der Waals surface area contributed by atoms with Crippen LogP contribution in [0.25, 0.3) is 0 Å². The zero-order chi connectivity index (χ0) is 18.9. The Morgan fingerprint density at radius 3 is 2.96 bits per heavy atom. The van der Waals surface area contributed by atoms with E-state index in [1.54, 1.807) is 0 Å². The number of aliphatic hydroxyl groups is 1. The van der Waals surface area contributed by atoms with Gasteiger partial charge in [-0.2, -0.15) is 4.98 Å². The maximum absolute atomic E-state index is 12.4. The van der Waals surface area contributed by atoms with Crippen LogP contribution in [-0.4, -0.2) is 45.9 Å². The van der Waals surface area contributed by atoms with Crippen LogP contribution < -0.4 is 9.47 Å². The summed E-state index contributed by atoms with van der Waals surface area (Å²) in [6.07, 6.45) is 2.77. The van der Waals surface area contributed by atoms with Crippen molar-refractivity contribution in [2.75, 3.05) is 19.9 Å². The number of aliphatic hydroxyl groups excluding tert-OH is 1. The van der Waals surface area contributed by atoms with Crippen LogP contribution in [0.5, 0.6) is 11.5 Å². The number of rotatable bonds is 6. The summed E-state index contributed by atoms with van der Waals surface area (Å²) in [5.41, 5.74) is 1.18. The van der Waals surface area contributed by atoms with Crippen LogP contribution in [0.1, 0.15) is 37.0 Å². The third-order valence-electron chi connectivity index (χ3n) is 5.19. The largest absolute Gasteiger partial charge is 0.454 e. The van der Waals surface area contributed by atoms with Crippen LogP contribution in [0.15, 0.2) is 22.7 Å². The zero-order valence-corrected chi connectivity index (χ0v) is 15.3. The van der Waals surface area contributed by atoms with Gasteiger partial charge in [0.1, 0.15) is 6.61 Å². The lowest BCUT2D eigenvalue weighted by Gasteiger charge is -2.40. The van der Waals surface area contributed by atoms with Crippen LogP contribution in [-0.2, 0) is 24.2 Å². The summed E-state index contributed by atoms with van der Waals surface area (Å²) < 4.78 is 15.7. The lowest BCUT2D eigenvalue weighted by molar-refractivity contribution is -0.137. The van der Waals surface area contributed by atoms with Crippen molar-refractivity contribution in [2.24, 2.45) is 5.41 Å². The van der Waals surface area contributed by atoms with E-state index < -0.39 is 0 Å². The highest BCUT2D eigenvalue weighted by Gasteiger charge is 2.35. The third kappa shape index (κ3) is 3.90. The van der Waals surface area contributed by atoms with Gasteiger partial charge in [0.2, 0.25) is 12.7 Å². The van der Waals surface area contributed by atoms with Gasteiger partial charge in [-0.05, 0) is 36.0 Å². The quantitative estimate of drug-likeness (QED) is 0.823. The molecule has 1 N–H and O–H groups in total. The van der Waals surface area contributed by atoms with E-state index in [4.69, 9.17) is 19.1 Å². The van der Waals surface area contributed by atoms with Crippen LogP contribution in [0.3, 0.4) is 0 Å². The van der Waals surface area contributed by atoms with Crippen molar-refractivity contribution >= 4 is 5.91 Å². The van der Waals surface area contributed by atoms with Crippen molar-refractivity contribution in [3.63, 3.8) is 0 Å². The molecule has 1 fully saturated rings. The van der Waals surface area contributed by atoms with Crippen molar-refractivity contribution < 1.29 is 23.9 Å². The second kappa shape index (κ2) is 7.19. The lowest BCUT2D eigenvalue weighted by Crippen LogP contribution is -2.46. The number of piperidine rings is 1. The zero-order valence-electron chi connectivity index (χ0n) is 15.3. The number of amides is 1. The van der Waals surface area contributed by atoms with Crippen molar-refractivity contribution in [3.8, 4) is 11.5 Å². The van der Waals surface area contributed by atoms with Gasteiger partial charge >= 0.3 is 0 Å². The molecule has 1 saturated heterocycles. The molecule has 0 saturated carbocycles. The number of nitrogens with zero attached hydrogens (tertiary/aromatic N) is 3. The summed E-state index contributed by atoms with van der Waals surface area (Å²) in [5.74, 6) is 2.44. The van der Waals surface area contributed by atoms with Crippen LogP contribution in [0.4, 0.5) is 0 Å². The van der Waals surface area contributed by atoms with E-state index in [9.17, 15) is 4.79 Å². The number of benzene rings is 1. The molecule has 1 atom stereocenters. The molecule has 1 amide bonds. The minimum absolute atomic E-state index is 0.00484. The molecule has 0 spiro atoms. The summed E-state index contributed by atoms with van der Waals surface area (Å²) in [6, 6.07) is 6.04. The molecule has 0 unspecified atom stereocenters. The first-order valence-electron chi connectivity index (χ1n) is 9.13. The van der Waals surface area contributed by atoms with E-state index in [0.29, 0.717) is 31.8 Å². The molecule has 0 bridgehead atoms. The normalized spacial score (nSPS) is 21.7. The highest BCUT2D eigenvalue weighted by Crippen LogP contribution is 2.37. The van der Waals surface area contributed by atoms with Gasteiger partial charge in [0.25, 0.3) is 5.89 Å². The van der Waals surface area contributed by atoms with Gasteiger partial charge in [-0.1, -0.05) is 18.1 Å². The molecule has 1 aromatic carbocycles. The second-order valence-electron chi connectivity index (χ2n) is 7.50. The van der Waals surface area contributed by atoms with Gasteiger partial charge in [0, 0.05) is 25.9 Å². The van der Waals surface area contributed by atoms with Gasteiger partial charge in [-0.25, -0.2) is 0 Å². The van der Waals surface area contributed by atoms with Crippen LogP contribution in [0, 0.1) is 5.41 Å². The Morgan fingerprint density at radius 2 is 2.15 bits per heavy atom. The molecule has 0 aliphatic carbocycles. The Bertz CT molecular complexity index is 837. The van der Waals surface area contributed by atoms with Crippen molar-refractivity contribution in [2.45, 2.75) is 39.2 Å². The minimum atomic E-state index is -0.275. The molecular weight excluding hydrogens is 350 g/mol. The smallest absolute Gasteiger partial charge is 0.252 e. The first-order valence-corrected chi connectivity index (χ1v) is 9.13. The molecule has 1 aromatic heterocycles. The Hall–Kier alpha value is -2.61. The topological polar surface area (TPSA) is 97.9 Å². The SMILES string of the molecule is C[C@]1(Cc2ccc3c(c2)OCO3)CCC(=O)N(CCc2noc(CO)n2)C1. The van der Waals surface area contributed by atoms with E-state index in [1.807, 2.05) is 17.0 Å². The van der Waals surface area contributed by atoms with Crippen molar-refractivity contribution in [1.82, 2.24) is 15.0 Å². The van der Waals surface area contributed by atoms with E-state index in [2.05, 4.69) is 23.1 Å². The Kier molecular flexibility index (Phi) is 4.73. The lowest BCUT2D eigenvalue weighted by atomic mass is 9.76. The highest BCUT2D eigenvalue weighted by atomic mass is 16.7. The Balaban J connectivity index is 1.40. The predicted octanol–water partition coefficient (Wildman–Crippen LogP) is 1.70. The van der Waals surface area contributed by atoms with E-state index in [1.165, 1.54) is 5.56 Å². The van der Waals surface area contributed by atoms with Gasteiger partial charge in [-0.15, -0.1) is 0 Å². The van der Waals surface area contributed by atoms with Crippen LogP contribution >= 0.6 is 0 Å². The van der Waals surface area contributed by atoms with E-state index >= 15 is 0 Å². The Labute approximate surface area is 157 Å². The van der Waals surface area contributed by atoms with E-state index in [-0.39, 0.29) is 30.6 Å². The average molecular weight is 373 g/mol. The van der Waals surface area contributed by atoms with Gasteiger partial charge in [-0.3, -0.25) is 4.79 Å². The molecule has 4 rings (SSSR count). The molecular formula is C19H23N3O5. The number of carbonyl (C=O) groups is 1. The molecule has 144 valence electrons. The molecule has 2 aliphatic heterocycles. The van der Waals surface area contributed by atoms with Gasteiger partial charge in [0.05, 0.1) is 0 Å². The number of aromatic nitrogens is 2. The maximum atomic E-state index is 12.4. The predicted molar refractivity (Wildman–Crippen MR) is 94.1 cm³/mol. The first kappa shape index (κ1) is 17.8. The molecule has 2 aromatic rings. The van der Waals surface area contributed by atoms with E-state index in [0.717, 1.165) is 24.3 Å². The standard InChI is InChI=1S/C19H23N3O5/c1-19(9-13-2-3-14-15(8-13)26-12-25-14)6-4-18(24)22(11-19)7-5-16-20-17(10-23)27-21-16/h2-3,8,23H,4-7,9-12H2,1H3/t19-/m1/s1. The van der Waals surface area contributed by atoms with Crippen molar-refractivity contribution in [3.05, 3.63) is 35.5 Å². The molecule has 0 radical (unpaired) electrons. The monoisotopic (exact) mass is 373 g/mol. The number of carbonyl (C=O) groups excluding carboxylic acids is 1. The number of ether oxygens (including phenoxy) is 2. The minimum Gasteiger partial charge on any atom is -0.454 e. The third-order valence-corrected chi connectivity index (χ3v) is 5.19. The highest BCUT2D eigenvalue weighted by molar-refractivity contribution is 5.77. The summed E-state index contributed by atoms with van der Waals surface area (Å²) in [6.45, 7) is 3.44. The molecule has 2 aliphatic rings. The maximum Gasteiger partial charge on any atom is 0.252 e. The second-order valence-corrected chi connectivity index (χ2v) is 7.50. The number of likely N-dealkylation sites (tertiary alicyclic amines) is 1. The summed E-state index contributed by atoms with van der Waals surface area (Å²) in [5, 5.41) is 12.8. The summed E-state index contributed by atoms with van der Waals surface area (Å²) in [4.78, 5) is 18.3. The number of hydrogen-bond acceptors (Lipinski definition) is 7. The fourth-order valence-electron chi connectivity index (χ4n) is 3.78. The first-order chi connectivity index (χ1) is 13.0. The number of fused-ring (bicyclic) bond motifs is 1. The molecule has 8 nitrogen and oxygen atoms in total. The van der Waals surface area contributed by atoms with Gasteiger partial charge < -0.3 is 24.0 Å². The fourth-order valence-corrected chi connectivity index (χ4v) is 3.78. The van der Waals surface area contributed by atoms with Crippen molar-refractivity contribution in [1.29, 1.82) is 0 Å². The number of hydrogen-bond donors (Lipinski definition) is 1. The molecule has 3 heterocycles.